The van der Waals surface area contributed by atoms with Gasteiger partial charge in [0.2, 0.25) is 0 Å². The van der Waals surface area contributed by atoms with Gasteiger partial charge in [0.05, 0.1) is 10.9 Å². The van der Waals surface area contributed by atoms with Gasteiger partial charge in [-0.3, -0.25) is 9.89 Å². The molecule has 1 fully saturated rings. The molecule has 1 aliphatic rings. The van der Waals surface area contributed by atoms with Gasteiger partial charge in [-0.25, -0.2) is 8.42 Å². The summed E-state index contributed by atoms with van der Waals surface area (Å²) < 4.78 is 23.4. The first-order valence-corrected chi connectivity index (χ1v) is 8.84. The maximum Gasteiger partial charge on any atom is 0.271 e. The number of H-pyrrole nitrogens is 1. The summed E-state index contributed by atoms with van der Waals surface area (Å²) >= 11 is 0. The molecule has 0 spiro atoms. The number of sulfone groups is 1. The second kappa shape index (κ2) is 5.57. The molecular formula is C15H17N3O3S. The van der Waals surface area contributed by atoms with Crippen LogP contribution in [0.1, 0.15) is 17.4 Å². The Kier molecular flexibility index (Phi) is 3.74. The summed E-state index contributed by atoms with van der Waals surface area (Å²) in [5.41, 5.74) is 2.00. The molecule has 22 heavy (non-hydrogen) atoms. The van der Waals surface area contributed by atoms with Crippen molar-refractivity contribution in [3.05, 3.63) is 42.1 Å². The fourth-order valence-electron chi connectivity index (χ4n) is 2.43. The lowest BCUT2D eigenvalue weighted by atomic mass is 10.1. The van der Waals surface area contributed by atoms with Gasteiger partial charge in [-0.15, -0.1) is 0 Å². The first-order chi connectivity index (χ1) is 10.5. The van der Waals surface area contributed by atoms with Crippen LogP contribution in [0.2, 0.25) is 0 Å². The molecule has 7 heteroatoms. The van der Waals surface area contributed by atoms with E-state index in [2.05, 4.69) is 10.2 Å². The van der Waals surface area contributed by atoms with Crippen LogP contribution in [0.3, 0.4) is 0 Å². The number of nitrogens with zero attached hydrogens (tertiary/aromatic N) is 2. The van der Waals surface area contributed by atoms with Gasteiger partial charge in [0, 0.05) is 24.4 Å². The Balaban J connectivity index is 1.69. The van der Waals surface area contributed by atoms with Gasteiger partial charge in [-0.1, -0.05) is 37.3 Å². The zero-order valence-electron chi connectivity index (χ0n) is 12.2. The molecule has 116 valence electrons. The summed E-state index contributed by atoms with van der Waals surface area (Å²) in [6.45, 7) is 2.14. The number of nitrogens with one attached hydrogen (secondary N) is 1. The molecule has 1 aromatic carbocycles. The summed E-state index contributed by atoms with van der Waals surface area (Å²) in [6.07, 6.45) is 0. The van der Waals surface area contributed by atoms with E-state index in [4.69, 9.17) is 0 Å². The average molecular weight is 319 g/mol. The standard InChI is InChI=1S/C15H17N3O3S/c1-2-22(20,21)12-9-18(10-12)15(19)14-8-13(16-17-14)11-6-4-3-5-7-11/h3-8,12H,2,9-10H2,1H3,(H,16,17). The molecule has 6 nitrogen and oxygen atoms in total. The normalized spacial score (nSPS) is 15.6. The van der Waals surface area contributed by atoms with Crippen molar-refractivity contribution in [3.63, 3.8) is 0 Å². The molecule has 1 amide bonds. The minimum atomic E-state index is -3.07. The Labute approximate surface area is 129 Å². The zero-order chi connectivity index (χ0) is 15.7. The Morgan fingerprint density at radius 1 is 1.32 bits per heavy atom. The van der Waals surface area contributed by atoms with E-state index in [0.717, 1.165) is 5.56 Å². The van der Waals surface area contributed by atoms with Gasteiger partial charge in [0.15, 0.2) is 9.84 Å². The second-order valence-corrected chi connectivity index (χ2v) is 7.89. The molecule has 0 unspecified atom stereocenters. The van der Waals surface area contributed by atoms with E-state index in [9.17, 15) is 13.2 Å². The van der Waals surface area contributed by atoms with E-state index in [1.54, 1.807) is 13.0 Å². The van der Waals surface area contributed by atoms with Crippen molar-refractivity contribution in [3.8, 4) is 11.3 Å². The fourth-order valence-corrected chi connectivity index (χ4v) is 3.71. The van der Waals surface area contributed by atoms with Crippen molar-refractivity contribution >= 4 is 15.7 Å². The van der Waals surface area contributed by atoms with Gasteiger partial charge in [0.25, 0.3) is 5.91 Å². The van der Waals surface area contributed by atoms with Crippen molar-refractivity contribution in [1.82, 2.24) is 15.1 Å². The largest absolute Gasteiger partial charge is 0.335 e. The number of rotatable bonds is 4. The fraction of sp³-hybridized carbons (Fsp3) is 0.333. The lowest BCUT2D eigenvalue weighted by molar-refractivity contribution is 0.0653. The summed E-state index contributed by atoms with van der Waals surface area (Å²) in [5.74, 6) is -0.0979. The first kappa shape index (κ1) is 14.8. The molecule has 1 saturated heterocycles. The minimum Gasteiger partial charge on any atom is -0.335 e. The summed E-state index contributed by atoms with van der Waals surface area (Å²) in [6, 6.07) is 11.2. The number of carbonyl (C=O) groups excluding carboxylic acids is 1. The zero-order valence-corrected chi connectivity index (χ0v) is 13.0. The molecule has 2 heterocycles. The number of aromatic nitrogens is 2. The minimum absolute atomic E-state index is 0.113. The van der Waals surface area contributed by atoms with Crippen molar-refractivity contribution < 1.29 is 13.2 Å². The second-order valence-electron chi connectivity index (χ2n) is 5.32. The van der Waals surface area contributed by atoms with Crippen LogP contribution in [0.5, 0.6) is 0 Å². The number of hydrogen-bond donors (Lipinski definition) is 1. The molecule has 1 N–H and O–H groups in total. The Morgan fingerprint density at radius 3 is 2.64 bits per heavy atom. The van der Waals surface area contributed by atoms with Crippen molar-refractivity contribution in [1.29, 1.82) is 0 Å². The molecule has 0 aliphatic carbocycles. The van der Waals surface area contributed by atoms with Crippen molar-refractivity contribution in [2.24, 2.45) is 0 Å². The number of aromatic amines is 1. The highest BCUT2D eigenvalue weighted by molar-refractivity contribution is 7.92. The summed E-state index contributed by atoms with van der Waals surface area (Å²) in [5, 5.41) is 6.44. The lowest BCUT2D eigenvalue weighted by Crippen LogP contribution is -2.57. The molecule has 2 aromatic rings. The van der Waals surface area contributed by atoms with Crippen LogP contribution >= 0.6 is 0 Å². The molecule has 3 rings (SSSR count). The molecular weight excluding hydrogens is 302 g/mol. The molecule has 0 saturated carbocycles. The molecule has 1 aromatic heterocycles. The smallest absolute Gasteiger partial charge is 0.271 e. The van der Waals surface area contributed by atoms with Gasteiger partial charge >= 0.3 is 0 Å². The average Bonchev–Trinajstić information content (AvgIpc) is 2.96. The van der Waals surface area contributed by atoms with Crippen molar-refractivity contribution in [2.75, 3.05) is 18.8 Å². The SMILES string of the molecule is CCS(=O)(=O)C1CN(C(=O)c2cc(-c3ccccc3)n[nH]2)C1. The highest BCUT2D eigenvalue weighted by atomic mass is 32.2. The van der Waals surface area contributed by atoms with E-state index in [1.165, 1.54) is 4.90 Å². The number of hydrogen-bond acceptors (Lipinski definition) is 4. The molecule has 1 aliphatic heterocycles. The van der Waals surface area contributed by atoms with Crippen LogP contribution in [0.25, 0.3) is 11.3 Å². The highest BCUT2D eigenvalue weighted by Gasteiger charge is 2.39. The monoisotopic (exact) mass is 319 g/mol. The maximum atomic E-state index is 12.3. The van der Waals surface area contributed by atoms with Crippen LogP contribution in [-0.2, 0) is 9.84 Å². The topological polar surface area (TPSA) is 83.1 Å². The van der Waals surface area contributed by atoms with Gasteiger partial charge < -0.3 is 4.90 Å². The predicted octanol–water partition coefficient (Wildman–Crippen LogP) is 1.34. The number of amides is 1. The van der Waals surface area contributed by atoms with E-state index < -0.39 is 15.1 Å². The van der Waals surface area contributed by atoms with Crippen LogP contribution < -0.4 is 0 Å². The number of likely N-dealkylation sites (tertiary alicyclic amines) is 1. The molecule has 0 radical (unpaired) electrons. The first-order valence-electron chi connectivity index (χ1n) is 7.13. The molecule has 0 bridgehead atoms. The van der Waals surface area contributed by atoms with Gasteiger partial charge in [-0.2, -0.15) is 5.10 Å². The number of benzene rings is 1. The highest BCUT2D eigenvalue weighted by Crippen LogP contribution is 2.22. The van der Waals surface area contributed by atoms with Crippen LogP contribution in [0.4, 0.5) is 0 Å². The Hall–Kier alpha value is -2.15. The Bertz CT molecular complexity index is 777. The maximum absolute atomic E-state index is 12.3. The predicted molar refractivity (Wildman–Crippen MR) is 83.2 cm³/mol. The Morgan fingerprint density at radius 2 is 2.00 bits per heavy atom. The van der Waals surface area contributed by atoms with Crippen LogP contribution in [-0.4, -0.2) is 53.5 Å². The lowest BCUT2D eigenvalue weighted by Gasteiger charge is -2.38. The number of carbonyl (C=O) groups is 1. The third-order valence-corrected chi connectivity index (χ3v) is 6.04. The van der Waals surface area contributed by atoms with E-state index in [-0.39, 0.29) is 24.7 Å². The van der Waals surface area contributed by atoms with E-state index >= 15 is 0 Å². The quantitative estimate of drug-likeness (QED) is 0.921. The summed E-state index contributed by atoms with van der Waals surface area (Å²) in [4.78, 5) is 13.8. The van der Waals surface area contributed by atoms with Crippen LogP contribution in [0.15, 0.2) is 36.4 Å². The summed E-state index contributed by atoms with van der Waals surface area (Å²) in [7, 11) is -3.07. The van der Waals surface area contributed by atoms with Crippen LogP contribution in [0, 0.1) is 0 Å². The third-order valence-electron chi connectivity index (χ3n) is 3.92. The molecule has 0 atom stereocenters. The van der Waals surface area contributed by atoms with Gasteiger partial charge in [0.1, 0.15) is 5.69 Å². The van der Waals surface area contributed by atoms with E-state index in [1.807, 2.05) is 30.3 Å². The van der Waals surface area contributed by atoms with Gasteiger partial charge in [-0.05, 0) is 6.07 Å². The third kappa shape index (κ3) is 2.64. The van der Waals surface area contributed by atoms with E-state index in [0.29, 0.717) is 11.4 Å². The van der Waals surface area contributed by atoms with Crippen molar-refractivity contribution in [2.45, 2.75) is 12.2 Å².